The van der Waals surface area contributed by atoms with E-state index >= 15 is 0 Å². The van der Waals surface area contributed by atoms with E-state index in [1.165, 1.54) is 22.3 Å². The Labute approximate surface area is 121 Å². The molecule has 2 aromatic carbocycles. The van der Waals surface area contributed by atoms with Crippen LogP contribution in [0.25, 0.3) is 0 Å². The summed E-state index contributed by atoms with van der Waals surface area (Å²) in [6.45, 7) is 6.94. The average molecular weight is 269 g/mol. The summed E-state index contributed by atoms with van der Waals surface area (Å²) in [4.78, 5) is 0. The zero-order chi connectivity index (χ0) is 14.5. The van der Waals surface area contributed by atoms with Gasteiger partial charge in [-0.15, -0.1) is 0 Å². The van der Waals surface area contributed by atoms with Crippen LogP contribution in [0.1, 0.15) is 34.8 Å². The summed E-state index contributed by atoms with van der Waals surface area (Å²) in [5.74, 6) is 0.896. The lowest BCUT2D eigenvalue weighted by Gasteiger charge is -2.20. The van der Waals surface area contributed by atoms with Crippen LogP contribution in [-0.4, -0.2) is 6.54 Å². The van der Waals surface area contributed by atoms with E-state index in [1.807, 2.05) is 12.1 Å². The minimum Gasteiger partial charge on any atom is -0.486 e. The molecular formula is C18H23NO. The van der Waals surface area contributed by atoms with E-state index in [4.69, 9.17) is 10.5 Å². The molecule has 2 rings (SSSR count). The lowest BCUT2D eigenvalue weighted by atomic mass is 10.0. The fraction of sp³-hybridized carbons (Fsp3) is 0.333. The largest absolute Gasteiger partial charge is 0.486 e. The molecule has 0 saturated carbocycles. The van der Waals surface area contributed by atoms with Gasteiger partial charge in [-0.3, -0.25) is 0 Å². The van der Waals surface area contributed by atoms with Gasteiger partial charge in [-0.2, -0.15) is 0 Å². The summed E-state index contributed by atoms with van der Waals surface area (Å²) >= 11 is 0. The Morgan fingerprint density at radius 1 is 0.950 bits per heavy atom. The zero-order valence-corrected chi connectivity index (χ0v) is 12.5. The van der Waals surface area contributed by atoms with E-state index in [9.17, 15) is 0 Å². The Morgan fingerprint density at radius 2 is 1.65 bits per heavy atom. The number of rotatable bonds is 5. The number of benzene rings is 2. The molecule has 2 nitrogen and oxygen atoms in total. The maximum atomic E-state index is 6.11. The SMILES string of the molecule is Cc1ccc(OC(CCN)c2ccc(C)c(C)c2)cc1. The standard InChI is InChI=1S/C18H23NO/c1-13-4-8-17(9-5-13)20-18(10-11-19)16-7-6-14(2)15(3)12-16/h4-9,12,18H,10-11,19H2,1-3H3. The highest BCUT2D eigenvalue weighted by Crippen LogP contribution is 2.26. The number of aryl methyl sites for hydroxylation is 3. The predicted octanol–water partition coefficient (Wildman–Crippen LogP) is 4.08. The molecule has 2 N–H and O–H groups in total. The van der Waals surface area contributed by atoms with Gasteiger partial charge in [0.15, 0.2) is 0 Å². The fourth-order valence-electron chi connectivity index (χ4n) is 2.19. The summed E-state index contributed by atoms with van der Waals surface area (Å²) in [6, 6.07) is 14.6. The summed E-state index contributed by atoms with van der Waals surface area (Å²) in [5.41, 5.74) is 10.8. The third-order valence-electron chi connectivity index (χ3n) is 3.63. The Morgan fingerprint density at radius 3 is 2.25 bits per heavy atom. The normalized spacial score (nSPS) is 12.2. The molecule has 0 radical (unpaired) electrons. The smallest absolute Gasteiger partial charge is 0.125 e. The minimum atomic E-state index is 0.0157. The molecule has 0 aliphatic carbocycles. The molecule has 2 aromatic rings. The lowest BCUT2D eigenvalue weighted by molar-refractivity contribution is 0.197. The molecule has 0 aliphatic heterocycles. The molecule has 0 fully saturated rings. The lowest BCUT2D eigenvalue weighted by Crippen LogP contribution is -2.13. The molecule has 0 saturated heterocycles. The quantitative estimate of drug-likeness (QED) is 0.887. The van der Waals surface area contributed by atoms with Crippen molar-refractivity contribution in [2.45, 2.75) is 33.3 Å². The van der Waals surface area contributed by atoms with Gasteiger partial charge in [0.2, 0.25) is 0 Å². The van der Waals surface area contributed by atoms with Gasteiger partial charge in [0, 0.05) is 6.42 Å². The van der Waals surface area contributed by atoms with Gasteiger partial charge >= 0.3 is 0 Å². The van der Waals surface area contributed by atoms with Crippen LogP contribution in [0.4, 0.5) is 0 Å². The number of hydrogen-bond donors (Lipinski definition) is 1. The molecule has 20 heavy (non-hydrogen) atoms. The molecular weight excluding hydrogens is 246 g/mol. The molecule has 2 heteroatoms. The molecule has 1 unspecified atom stereocenters. The van der Waals surface area contributed by atoms with Crippen molar-refractivity contribution in [1.29, 1.82) is 0 Å². The first-order chi connectivity index (χ1) is 9.60. The molecule has 0 heterocycles. The van der Waals surface area contributed by atoms with Crippen LogP contribution in [0, 0.1) is 20.8 Å². The summed E-state index contributed by atoms with van der Waals surface area (Å²) in [7, 11) is 0. The maximum Gasteiger partial charge on any atom is 0.125 e. The molecule has 0 amide bonds. The number of nitrogens with two attached hydrogens (primary N) is 1. The van der Waals surface area contributed by atoms with Crippen molar-refractivity contribution in [1.82, 2.24) is 0 Å². The molecule has 0 aromatic heterocycles. The van der Waals surface area contributed by atoms with Crippen molar-refractivity contribution in [3.63, 3.8) is 0 Å². The van der Waals surface area contributed by atoms with Crippen LogP contribution in [0.15, 0.2) is 42.5 Å². The van der Waals surface area contributed by atoms with Crippen molar-refractivity contribution in [2.24, 2.45) is 5.73 Å². The van der Waals surface area contributed by atoms with Crippen LogP contribution in [0.2, 0.25) is 0 Å². The summed E-state index contributed by atoms with van der Waals surface area (Å²) in [5, 5.41) is 0. The van der Waals surface area contributed by atoms with Crippen LogP contribution >= 0.6 is 0 Å². The van der Waals surface area contributed by atoms with Gasteiger partial charge in [0.25, 0.3) is 0 Å². The molecule has 0 aliphatic rings. The number of hydrogen-bond acceptors (Lipinski definition) is 2. The fourth-order valence-corrected chi connectivity index (χ4v) is 2.19. The van der Waals surface area contributed by atoms with Crippen molar-refractivity contribution in [2.75, 3.05) is 6.54 Å². The van der Waals surface area contributed by atoms with E-state index < -0.39 is 0 Å². The van der Waals surface area contributed by atoms with E-state index in [2.05, 4.69) is 51.1 Å². The third kappa shape index (κ3) is 3.61. The molecule has 0 bridgehead atoms. The monoisotopic (exact) mass is 269 g/mol. The summed E-state index contributed by atoms with van der Waals surface area (Å²) in [6.07, 6.45) is 0.832. The first-order valence-corrected chi connectivity index (χ1v) is 7.10. The Kier molecular flexibility index (Phi) is 4.80. The number of ether oxygens (including phenoxy) is 1. The molecule has 1 atom stereocenters. The van der Waals surface area contributed by atoms with Crippen molar-refractivity contribution >= 4 is 0 Å². The second-order valence-corrected chi connectivity index (χ2v) is 5.34. The first kappa shape index (κ1) is 14.6. The van der Waals surface area contributed by atoms with E-state index in [0.717, 1.165) is 12.2 Å². The second-order valence-electron chi connectivity index (χ2n) is 5.34. The molecule has 106 valence electrons. The van der Waals surface area contributed by atoms with Crippen LogP contribution < -0.4 is 10.5 Å². The third-order valence-corrected chi connectivity index (χ3v) is 3.63. The minimum absolute atomic E-state index is 0.0157. The van der Waals surface area contributed by atoms with Crippen molar-refractivity contribution < 1.29 is 4.74 Å². The highest BCUT2D eigenvalue weighted by Gasteiger charge is 2.13. The maximum absolute atomic E-state index is 6.11. The zero-order valence-electron chi connectivity index (χ0n) is 12.5. The van der Waals surface area contributed by atoms with E-state index in [1.54, 1.807) is 0 Å². The second kappa shape index (κ2) is 6.58. The van der Waals surface area contributed by atoms with Gasteiger partial charge in [-0.25, -0.2) is 0 Å². The Hall–Kier alpha value is -1.80. The highest BCUT2D eigenvalue weighted by atomic mass is 16.5. The highest BCUT2D eigenvalue weighted by molar-refractivity contribution is 5.33. The van der Waals surface area contributed by atoms with Gasteiger partial charge in [-0.1, -0.05) is 35.9 Å². The predicted molar refractivity (Wildman–Crippen MR) is 84.1 cm³/mol. The Bertz CT molecular complexity index is 560. The molecule has 0 spiro atoms. The Balaban J connectivity index is 2.21. The van der Waals surface area contributed by atoms with E-state index in [-0.39, 0.29) is 6.10 Å². The van der Waals surface area contributed by atoms with Crippen LogP contribution in [0.5, 0.6) is 5.75 Å². The van der Waals surface area contributed by atoms with E-state index in [0.29, 0.717) is 6.54 Å². The van der Waals surface area contributed by atoms with Crippen LogP contribution in [-0.2, 0) is 0 Å². The van der Waals surface area contributed by atoms with Crippen molar-refractivity contribution in [3.05, 3.63) is 64.7 Å². The van der Waals surface area contributed by atoms with Gasteiger partial charge in [-0.05, 0) is 56.1 Å². The average Bonchev–Trinajstić information content (AvgIpc) is 2.44. The first-order valence-electron chi connectivity index (χ1n) is 7.10. The van der Waals surface area contributed by atoms with Crippen molar-refractivity contribution in [3.8, 4) is 5.75 Å². The topological polar surface area (TPSA) is 35.2 Å². The van der Waals surface area contributed by atoms with Gasteiger partial charge < -0.3 is 10.5 Å². The van der Waals surface area contributed by atoms with Gasteiger partial charge in [0.1, 0.15) is 11.9 Å². The summed E-state index contributed by atoms with van der Waals surface area (Å²) < 4.78 is 6.11. The van der Waals surface area contributed by atoms with Gasteiger partial charge in [0.05, 0.1) is 0 Å². The van der Waals surface area contributed by atoms with Crippen LogP contribution in [0.3, 0.4) is 0 Å².